The Kier molecular flexibility index (Phi) is 5.26. The lowest BCUT2D eigenvalue weighted by Gasteiger charge is -2.28. The van der Waals surface area contributed by atoms with E-state index in [2.05, 4.69) is 5.32 Å². The molecular formula is C17H23NO5. The second kappa shape index (κ2) is 7.00. The standard InChI is InChI=1S/C17H23NO5/c1-17(10-22-2,9-15(19)20)18-16(21)14-8-13(14)11-5-4-6-12(7-11)23-3/h4-7,13-14H,8-10H2,1-3H3,(H,18,21)(H,19,20). The summed E-state index contributed by atoms with van der Waals surface area (Å²) in [4.78, 5) is 23.4. The van der Waals surface area contributed by atoms with E-state index in [0.717, 1.165) is 17.7 Å². The number of aliphatic carboxylic acids is 1. The van der Waals surface area contributed by atoms with Crippen molar-refractivity contribution in [1.29, 1.82) is 0 Å². The van der Waals surface area contributed by atoms with Crippen LogP contribution in [0.5, 0.6) is 5.75 Å². The van der Waals surface area contributed by atoms with E-state index < -0.39 is 11.5 Å². The fourth-order valence-corrected chi connectivity index (χ4v) is 2.90. The van der Waals surface area contributed by atoms with Gasteiger partial charge in [-0.2, -0.15) is 0 Å². The third-order valence-corrected chi connectivity index (χ3v) is 4.08. The number of methoxy groups -OCH3 is 2. The third kappa shape index (κ3) is 4.45. The molecule has 1 aromatic rings. The lowest BCUT2D eigenvalue weighted by Crippen LogP contribution is -2.51. The largest absolute Gasteiger partial charge is 0.497 e. The van der Waals surface area contributed by atoms with Gasteiger partial charge in [0.2, 0.25) is 5.91 Å². The first-order valence-electron chi connectivity index (χ1n) is 7.55. The predicted octanol–water partition coefficient (Wildman–Crippen LogP) is 1.79. The maximum absolute atomic E-state index is 12.4. The zero-order chi connectivity index (χ0) is 17.0. The number of carboxylic acid groups (broad SMARTS) is 1. The summed E-state index contributed by atoms with van der Waals surface area (Å²) in [5, 5.41) is 11.8. The Hall–Kier alpha value is -2.08. The van der Waals surface area contributed by atoms with Crippen molar-refractivity contribution in [3.05, 3.63) is 29.8 Å². The number of carbonyl (C=O) groups excluding carboxylic acids is 1. The van der Waals surface area contributed by atoms with Crippen molar-refractivity contribution in [3.63, 3.8) is 0 Å². The summed E-state index contributed by atoms with van der Waals surface area (Å²) >= 11 is 0. The van der Waals surface area contributed by atoms with Gasteiger partial charge in [0, 0.05) is 13.0 Å². The number of hydrogen-bond donors (Lipinski definition) is 2. The van der Waals surface area contributed by atoms with Gasteiger partial charge >= 0.3 is 5.97 Å². The zero-order valence-corrected chi connectivity index (χ0v) is 13.7. The maximum Gasteiger partial charge on any atom is 0.305 e. The molecule has 126 valence electrons. The first-order valence-corrected chi connectivity index (χ1v) is 7.55. The first kappa shape index (κ1) is 17.3. The number of carbonyl (C=O) groups is 2. The van der Waals surface area contributed by atoms with E-state index in [1.54, 1.807) is 14.0 Å². The van der Waals surface area contributed by atoms with E-state index in [-0.39, 0.29) is 30.8 Å². The maximum atomic E-state index is 12.4. The van der Waals surface area contributed by atoms with Crippen molar-refractivity contribution in [3.8, 4) is 5.75 Å². The van der Waals surface area contributed by atoms with Crippen molar-refractivity contribution < 1.29 is 24.2 Å². The molecule has 1 saturated carbocycles. The summed E-state index contributed by atoms with van der Waals surface area (Å²) in [5.74, 6) is -0.305. The van der Waals surface area contributed by atoms with E-state index in [1.165, 1.54) is 7.11 Å². The minimum Gasteiger partial charge on any atom is -0.497 e. The molecule has 0 aliphatic heterocycles. The fraction of sp³-hybridized carbons (Fsp3) is 0.529. The molecule has 0 saturated heterocycles. The summed E-state index contributed by atoms with van der Waals surface area (Å²) in [7, 11) is 3.10. The number of carboxylic acids is 1. The Balaban J connectivity index is 2.00. The Morgan fingerprint density at radius 2 is 2.13 bits per heavy atom. The molecule has 0 radical (unpaired) electrons. The average Bonchev–Trinajstić information content (AvgIpc) is 3.27. The highest BCUT2D eigenvalue weighted by molar-refractivity contribution is 5.84. The Bertz CT molecular complexity index is 588. The Labute approximate surface area is 135 Å². The normalized spacial score (nSPS) is 22.0. The Morgan fingerprint density at radius 1 is 1.39 bits per heavy atom. The molecular weight excluding hydrogens is 298 g/mol. The van der Waals surface area contributed by atoms with Crippen LogP contribution in [-0.2, 0) is 14.3 Å². The summed E-state index contributed by atoms with van der Waals surface area (Å²) in [6.45, 7) is 1.84. The summed E-state index contributed by atoms with van der Waals surface area (Å²) in [5.41, 5.74) is 0.162. The van der Waals surface area contributed by atoms with E-state index >= 15 is 0 Å². The highest BCUT2D eigenvalue weighted by atomic mass is 16.5. The lowest BCUT2D eigenvalue weighted by atomic mass is 9.98. The van der Waals surface area contributed by atoms with Crippen LogP contribution >= 0.6 is 0 Å². The molecule has 0 bridgehead atoms. The van der Waals surface area contributed by atoms with Crippen LogP contribution in [0.1, 0.15) is 31.2 Å². The van der Waals surface area contributed by atoms with Crippen LogP contribution in [0.2, 0.25) is 0 Å². The van der Waals surface area contributed by atoms with E-state index in [1.807, 2.05) is 24.3 Å². The topological polar surface area (TPSA) is 84.9 Å². The van der Waals surface area contributed by atoms with Gasteiger partial charge in [-0.05, 0) is 37.0 Å². The van der Waals surface area contributed by atoms with Gasteiger partial charge in [0.25, 0.3) is 0 Å². The quantitative estimate of drug-likeness (QED) is 0.762. The van der Waals surface area contributed by atoms with Crippen LogP contribution in [0, 0.1) is 5.92 Å². The van der Waals surface area contributed by atoms with Gasteiger partial charge in [-0.1, -0.05) is 12.1 Å². The molecule has 1 aromatic carbocycles. The van der Waals surface area contributed by atoms with Gasteiger partial charge in [0.15, 0.2) is 0 Å². The number of benzene rings is 1. The highest BCUT2D eigenvalue weighted by Crippen LogP contribution is 2.48. The van der Waals surface area contributed by atoms with Crippen LogP contribution in [0.25, 0.3) is 0 Å². The first-order chi connectivity index (χ1) is 10.9. The molecule has 1 amide bonds. The SMILES string of the molecule is COCC(C)(CC(=O)O)NC(=O)C1CC1c1cccc(OC)c1. The van der Waals surface area contributed by atoms with Gasteiger partial charge in [-0.25, -0.2) is 0 Å². The van der Waals surface area contributed by atoms with E-state index in [4.69, 9.17) is 14.6 Å². The van der Waals surface area contributed by atoms with Crippen molar-refractivity contribution in [2.24, 2.45) is 5.92 Å². The van der Waals surface area contributed by atoms with Gasteiger partial charge in [-0.3, -0.25) is 9.59 Å². The minimum atomic E-state index is -0.968. The number of amides is 1. The van der Waals surface area contributed by atoms with Gasteiger partial charge in [-0.15, -0.1) is 0 Å². The molecule has 1 aliphatic rings. The van der Waals surface area contributed by atoms with Crippen molar-refractivity contribution in [2.45, 2.75) is 31.2 Å². The monoisotopic (exact) mass is 321 g/mol. The van der Waals surface area contributed by atoms with Crippen LogP contribution in [0.4, 0.5) is 0 Å². The van der Waals surface area contributed by atoms with Gasteiger partial charge < -0.3 is 19.9 Å². The Morgan fingerprint density at radius 3 is 2.74 bits per heavy atom. The molecule has 2 rings (SSSR count). The molecule has 3 unspecified atom stereocenters. The van der Waals surface area contributed by atoms with E-state index in [9.17, 15) is 9.59 Å². The summed E-state index contributed by atoms with van der Waals surface area (Å²) in [6, 6.07) is 7.68. The molecule has 0 spiro atoms. The molecule has 6 heteroatoms. The molecule has 0 heterocycles. The third-order valence-electron chi connectivity index (χ3n) is 4.08. The number of nitrogens with one attached hydrogen (secondary N) is 1. The second-order valence-electron chi connectivity index (χ2n) is 6.28. The van der Waals surface area contributed by atoms with Crippen LogP contribution in [0.3, 0.4) is 0 Å². The number of hydrogen-bond acceptors (Lipinski definition) is 4. The molecule has 1 fully saturated rings. The van der Waals surface area contributed by atoms with Crippen molar-refractivity contribution >= 4 is 11.9 Å². The fourth-order valence-electron chi connectivity index (χ4n) is 2.90. The molecule has 1 aliphatic carbocycles. The zero-order valence-electron chi connectivity index (χ0n) is 13.7. The predicted molar refractivity (Wildman–Crippen MR) is 84.5 cm³/mol. The van der Waals surface area contributed by atoms with Crippen molar-refractivity contribution in [2.75, 3.05) is 20.8 Å². The van der Waals surface area contributed by atoms with Crippen LogP contribution < -0.4 is 10.1 Å². The average molecular weight is 321 g/mol. The lowest BCUT2D eigenvalue weighted by molar-refractivity contribution is -0.139. The minimum absolute atomic E-state index is 0.126. The van der Waals surface area contributed by atoms with Crippen molar-refractivity contribution in [1.82, 2.24) is 5.32 Å². The number of rotatable bonds is 8. The van der Waals surface area contributed by atoms with E-state index in [0.29, 0.717) is 0 Å². The molecule has 2 N–H and O–H groups in total. The van der Waals surface area contributed by atoms with Crippen LogP contribution in [-0.4, -0.2) is 43.3 Å². The molecule has 3 atom stereocenters. The van der Waals surface area contributed by atoms with Gasteiger partial charge in [0.05, 0.1) is 25.7 Å². The second-order valence-corrected chi connectivity index (χ2v) is 6.28. The smallest absolute Gasteiger partial charge is 0.305 e. The summed E-state index contributed by atoms with van der Waals surface area (Å²) < 4.78 is 10.3. The molecule has 0 aromatic heterocycles. The van der Waals surface area contributed by atoms with Gasteiger partial charge in [0.1, 0.15) is 5.75 Å². The molecule has 23 heavy (non-hydrogen) atoms. The number of ether oxygens (including phenoxy) is 2. The molecule has 6 nitrogen and oxygen atoms in total. The summed E-state index contributed by atoms with van der Waals surface area (Å²) in [6.07, 6.45) is 0.582. The van der Waals surface area contributed by atoms with Crippen LogP contribution in [0.15, 0.2) is 24.3 Å². The highest BCUT2D eigenvalue weighted by Gasteiger charge is 2.46.